The molecule has 100 valence electrons. The van der Waals surface area contributed by atoms with E-state index in [1.165, 1.54) is 38.3 Å². The van der Waals surface area contributed by atoms with Gasteiger partial charge in [-0.15, -0.1) is 0 Å². The molecule has 1 rings (SSSR count). The maximum atomic E-state index is 11.9. The molecule has 1 aromatic rings. The van der Waals surface area contributed by atoms with Crippen LogP contribution in [0.3, 0.4) is 0 Å². The van der Waals surface area contributed by atoms with Gasteiger partial charge >= 0.3 is 0 Å². The van der Waals surface area contributed by atoms with E-state index in [-0.39, 0.29) is 4.90 Å². The molecule has 0 aromatic heterocycles. The molecule has 0 aliphatic carbocycles. The predicted octanol–water partition coefficient (Wildman–Crippen LogP) is -0.648. The highest BCUT2D eigenvalue weighted by atomic mass is 32.2. The van der Waals surface area contributed by atoms with Crippen molar-refractivity contribution in [1.82, 2.24) is 10.1 Å². The van der Waals surface area contributed by atoms with Gasteiger partial charge in [-0.2, -0.15) is 4.72 Å². The number of carbonyl (C=O) groups excluding carboxylic acids is 1. The van der Waals surface area contributed by atoms with Gasteiger partial charge in [-0.3, -0.25) is 10.2 Å². The number of nitrogens with one attached hydrogen (secondary N) is 2. The second-order valence-electron chi connectivity index (χ2n) is 3.53. The van der Waals surface area contributed by atoms with Gasteiger partial charge in [0, 0.05) is 0 Å². The number of rotatable bonds is 5. The Labute approximate surface area is 105 Å². The van der Waals surface area contributed by atoms with E-state index in [4.69, 9.17) is 10.6 Å². The molecule has 0 spiro atoms. The number of carbonyl (C=O) groups is 1. The van der Waals surface area contributed by atoms with Crippen LogP contribution in [-0.4, -0.2) is 27.5 Å². The number of hydrogen-bond acceptors (Lipinski definition) is 5. The molecular weight excluding hydrogens is 258 g/mol. The lowest BCUT2D eigenvalue weighted by Gasteiger charge is -2.12. The molecule has 0 heterocycles. The first-order chi connectivity index (χ1) is 8.40. The van der Waals surface area contributed by atoms with Crippen LogP contribution in [0.4, 0.5) is 0 Å². The van der Waals surface area contributed by atoms with E-state index in [9.17, 15) is 13.2 Å². The van der Waals surface area contributed by atoms with Crippen molar-refractivity contribution in [3.8, 4) is 5.75 Å². The van der Waals surface area contributed by atoms with Crippen LogP contribution in [0.2, 0.25) is 0 Å². The van der Waals surface area contributed by atoms with Crippen molar-refractivity contribution in [2.24, 2.45) is 5.84 Å². The van der Waals surface area contributed by atoms with Crippen molar-refractivity contribution in [3.63, 3.8) is 0 Å². The average molecular weight is 273 g/mol. The van der Waals surface area contributed by atoms with E-state index in [0.29, 0.717) is 5.75 Å². The summed E-state index contributed by atoms with van der Waals surface area (Å²) in [4.78, 5) is 11.2. The summed E-state index contributed by atoms with van der Waals surface area (Å²) in [6, 6.07) is 4.84. The molecule has 1 atom stereocenters. The molecule has 18 heavy (non-hydrogen) atoms. The average Bonchev–Trinajstić information content (AvgIpc) is 2.37. The topological polar surface area (TPSA) is 111 Å². The molecule has 8 heteroatoms. The molecular formula is C10H15N3O4S. The molecule has 0 bridgehead atoms. The first kappa shape index (κ1) is 14.4. The summed E-state index contributed by atoms with van der Waals surface area (Å²) in [6.45, 7) is 1.39. The lowest BCUT2D eigenvalue weighted by atomic mass is 10.3. The molecule has 0 saturated carbocycles. The van der Waals surface area contributed by atoms with E-state index in [2.05, 4.69) is 4.72 Å². The standard InChI is InChI=1S/C10H15N3O4S/c1-7(10(14)12-11)13-18(15,16)9-5-3-8(17-2)4-6-9/h3-7,13H,11H2,1-2H3,(H,12,14). The summed E-state index contributed by atoms with van der Waals surface area (Å²) in [5.74, 6) is 4.84. The first-order valence-corrected chi connectivity index (χ1v) is 6.56. The van der Waals surface area contributed by atoms with Crippen LogP contribution in [0.25, 0.3) is 0 Å². The molecule has 4 N–H and O–H groups in total. The molecule has 0 aliphatic heterocycles. The normalized spacial score (nSPS) is 12.8. The van der Waals surface area contributed by atoms with E-state index in [1.807, 2.05) is 5.43 Å². The number of benzene rings is 1. The second kappa shape index (κ2) is 5.80. The highest BCUT2D eigenvalue weighted by molar-refractivity contribution is 7.89. The highest BCUT2D eigenvalue weighted by Crippen LogP contribution is 2.15. The molecule has 0 fully saturated rings. The number of methoxy groups -OCH3 is 1. The monoisotopic (exact) mass is 273 g/mol. The zero-order chi connectivity index (χ0) is 13.8. The Kier molecular flexibility index (Phi) is 4.65. The van der Waals surface area contributed by atoms with Crippen LogP contribution >= 0.6 is 0 Å². The van der Waals surface area contributed by atoms with Crippen molar-refractivity contribution >= 4 is 15.9 Å². The van der Waals surface area contributed by atoms with Gasteiger partial charge in [-0.05, 0) is 31.2 Å². The van der Waals surface area contributed by atoms with Crippen LogP contribution in [0.1, 0.15) is 6.92 Å². The molecule has 0 radical (unpaired) electrons. The summed E-state index contributed by atoms with van der Waals surface area (Å²) in [7, 11) is -2.28. The molecule has 1 aromatic carbocycles. The van der Waals surface area contributed by atoms with Gasteiger partial charge in [0.25, 0.3) is 5.91 Å². The zero-order valence-corrected chi connectivity index (χ0v) is 10.8. The smallest absolute Gasteiger partial charge is 0.251 e. The Morgan fingerprint density at radius 2 is 1.89 bits per heavy atom. The molecule has 0 aliphatic rings. The number of sulfonamides is 1. The Hall–Kier alpha value is -1.64. The van der Waals surface area contributed by atoms with E-state index >= 15 is 0 Å². The molecule has 1 unspecified atom stereocenters. The second-order valence-corrected chi connectivity index (χ2v) is 5.24. The van der Waals surface area contributed by atoms with Crippen LogP contribution in [0, 0.1) is 0 Å². The third kappa shape index (κ3) is 3.42. The summed E-state index contributed by atoms with van der Waals surface area (Å²) < 4.78 is 30.9. The zero-order valence-electron chi connectivity index (χ0n) is 10.0. The van der Waals surface area contributed by atoms with Crippen LogP contribution < -0.4 is 20.7 Å². The Balaban J connectivity index is 2.89. The minimum absolute atomic E-state index is 0.0416. The van der Waals surface area contributed by atoms with Crippen LogP contribution in [0.5, 0.6) is 5.75 Å². The molecule has 1 amide bonds. The highest BCUT2D eigenvalue weighted by Gasteiger charge is 2.21. The van der Waals surface area contributed by atoms with Gasteiger partial charge in [0.15, 0.2) is 0 Å². The Morgan fingerprint density at radius 1 is 1.33 bits per heavy atom. The van der Waals surface area contributed by atoms with E-state index < -0.39 is 22.0 Å². The van der Waals surface area contributed by atoms with Gasteiger partial charge in [0.05, 0.1) is 18.0 Å². The number of hydrazine groups is 1. The predicted molar refractivity (Wildman–Crippen MR) is 65.1 cm³/mol. The Morgan fingerprint density at radius 3 is 2.33 bits per heavy atom. The lowest BCUT2D eigenvalue weighted by molar-refractivity contribution is -0.122. The Bertz CT molecular complexity index is 512. The van der Waals surface area contributed by atoms with Crippen molar-refractivity contribution < 1.29 is 17.9 Å². The summed E-state index contributed by atoms with van der Waals surface area (Å²) in [5, 5.41) is 0. The SMILES string of the molecule is COc1ccc(S(=O)(=O)NC(C)C(=O)NN)cc1. The van der Waals surface area contributed by atoms with E-state index in [1.54, 1.807) is 0 Å². The van der Waals surface area contributed by atoms with Crippen molar-refractivity contribution in [3.05, 3.63) is 24.3 Å². The summed E-state index contributed by atoms with van der Waals surface area (Å²) >= 11 is 0. The summed E-state index contributed by atoms with van der Waals surface area (Å²) in [5.41, 5.74) is 1.87. The van der Waals surface area contributed by atoms with Gasteiger partial charge in [0.2, 0.25) is 10.0 Å². The maximum Gasteiger partial charge on any atom is 0.251 e. The van der Waals surface area contributed by atoms with Gasteiger partial charge in [-0.1, -0.05) is 0 Å². The fourth-order valence-electron chi connectivity index (χ4n) is 1.23. The van der Waals surface area contributed by atoms with Gasteiger partial charge in [-0.25, -0.2) is 14.3 Å². The third-order valence-corrected chi connectivity index (χ3v) is 3.79. The fraction of sp³-hybridized carbons (Fsp3) is 0.300. The first-order valence-electron chi connectivity index (χ1n) is 5.07. The van der Waals surface area contributed by atoms with Crippen molar-refractivity contribution in [2.75, 3.05) is 7.11 Å². The van der Waals surface area contributed by atoms with E-state index in [0.717, 1.165) is 0 Å². The third-order valence-electron chi connectivity index (χ3n) is 2.24. The van der Waals surface area contributed by atoms with Crippen molar-refractivity contribution in [2.45, 2.75) is 17.9 Å². The minimum Gasteiger partial charge on any atom is -0.497 e. The van der Waals surface area contributed by atoms with Crippen LogP contribution in [0.15, 0.2) is 29.2 Å². The molecule has 0 saturated heterocycles. The largest absolute Gasteiger partial charge is 0.497 e. The number of amides is 1. The fourth-order valence-corrected chi connectivity index (χ4v) is 2.44. The number of nitrogens with two attached hydrogens (primary N) is 1. The van der Waals surface area contributed by atoms with Crippen LogP contribution in [-0.2, 0) is 14.8 Å². The maximum absolute atomic E-state index is 11.9. The quantitative estimate of drug-likeness (QED) is 0.375. The summed E-state index contributed by atoms with van der Waals surface area (Å²) in [6.07, 6.45) is 0. The molecule has 7 nitrogen and oxygen atoms in total. The van der Waals surface area contributed by atoms with Crippen molar-refractivity contribution in [1.29, 1.82) is 0 Å². The van der Waals surface area contributed by atoms with Gasteiger partial charge in [0.1, 0.15) is 5.75 Å². The number of ether oxygens (including phenoxy) is 1. The lowest BCUT2D eigenvalue weighted by Crippen LogP contribution is -2.47. The number of hydrogen-bond donors (Lipinski definition) is 3. The van der Waals surface area contributed by atoms with Gasteiger partial charge < -0.3 is 4.74 Å². The minimum atomic E-state index is -3.76.